The summed E-state index contributed by atoms with van der Waals surface area (Å²) in [6.07, 6.45) is 4.81. The molecule has 1 saturated heterocycles. The van der Waals surface area contributed by atoms with Crippen LogP contribution < -0.4 is 0 Å². The molecule has 2 rings (SSSR count). The van der Waals surface area contributed by atoms with Crippen molar-refractivity contribution in [3.05, 3.63) is 30.1 Å². The predicted octanol–water partition coefficient (Wildman–Crippen LogP) is 0.700. The van der Waals surface area contributed by atoms with Gasteiger partial charge in [-0.1, -0.05) is 0 Å². The molecule has 1 aliphatic heterocycles. The molecule has 0 unspecified atom stereocenters. The Kier molecular flexibility index (Phi) is 3.37. The van der Waals surface area contributed by atoms with Crippen molar-refractivity contribution in [1.29, 1.82) is 0 Å². The molecule has 1 atom stereocenters. The lowest BCUT2D eigenvalue weighted by atomic mass is 10.1. The van der Waals surface area contributed by atoms with E-state index in [4.69, 9.17) is 5.11 Å². The minimum atomic E-state index is -0.912. The van der Waals surface area contributed by atoms with Crippen LogP contribution in [0.4, 0.5) is 0 Å². The molecular weight excluding hydrogens is 220 g/mol. The quantitative estimate of drug-likeness (QED) is 0.835. The molecule has 5 heteroatoms. The van der Waals surface area contributed by atoms with E-state index in [0.717, 1.165) is 12.0 Å². The Morgan fingerprint density at radius 1 is 1.41 bits per heavy atom. The third-order valence-corrected chi connectivity index (χ3v) is 2.96. The smallest absolute Gasteiger partial charge is 0.326 e. The number of carbonyl (C=O) groups is 2. The summed E-state index contributed by atoms with van der Waals surface area (Å²) in [4.78, 5) is 28.3. The zero-order valence-corrected chi connectivity index (χ0v) is 9.37. The average Bonchev–Trinajstić information content (AvgIpc) is 2.79. The standard InChI is InChI=1S/C12H14N2O3/c15-11(8-9-3-5-13-6-4-9)14-7-1-2-10(14)12(16)17/h3-6,10H,1-2,7-8H2,(H,16,17)/t10-/m0/s1. The molecule has 1 aliphatic rings. The Balaban J connectivity index is 2.03. The van der Waals surface area contributed by atoms with Crippen LogP contribution in [-0.2, 0) is 16.0 Å². The molecule has 2 heterocycles. The molecule has 0 aromatic carbocycles. The summed E-state index contributed by atoms with van der Waals surface area (Å²) in [7, 11) is 0. The van der Waals surface area contributed by atoms with Gasteiger partial charge in [-0.25, -0.2) is 4.79 Å². The molecule has 0 saturated carbocycles. The third kappa shape index (κ3) is 2.61. The zero-order valence-electron chi connectivity index (χ0n) is 9.37. The molecular formula is C12H14N2O3. The van der Waals surface area contributed by atoms with E-state index in [1.807, 2.05) is 0 Å². The summed E-state index contributed by atoms with van der Waals surface area (Å²) >= 11 is 0. The van der Waals surface area contributed by atoms with Crippen LogP contribution in [0.25, 0.3) is 0 Å². The fraction of sp³-hybridized carbons (Fsp3) is 0.417. The zero-order chi connectivity index (χ0) is 12.3. The monoisotopic (exact) mass is 234 g/mol. The van der Waals surface area contributed by atoms with E-state index < -0.39 is 12.0 Å². The first-order chi connectivity index (χ1) is 8.18. The Morgan fingerprint density at radius 2 is 2.12 bits per heavy atom. The fourth-order valence-corrected chi connectivity index (χ4v) is 2.10. The van der Waals surface area contributed by atoms with Gasteiger partial charge < -0.3 is 10.0 Å². The maximum Gasteiger partial charge on any atom is 0.326 e. The van der Waals surface area contributed by atoms with Crippen molar-refractivity contribution in [2.75, 3.05) is 6.54 Å². The molecule has 0 radical (unpaired) electrons. The minimum absolute atomic E-state index is 0.124. The number of aliphatic carboxylic acids is 1. The molecule has 0 spiro atoms. The van der Waals surface area contributed by atoms with Gasteiger partial charge in [0.15, 0.2) is 0 Å². The predicted molar refractivity (Wildman–Crippen MR) is 60.3 cm³/mol. The molecule has 1 N–H and O–H groups in total. The lowest BCUT2D eigenvalue weighted by Gasteiger charge is -2.21. The van der Waals surface area contributed by atoms with Crippen molar-refractivity contribution in [3.63, 3.8) is 0 Å². The Labute approximate surface area is 99.1 Å². The van der Waals surface area contributed by atoms with Crippen molar-refractivity contribution in [3.8, 4) is 0 Å². The summed E-state index contributed by atoms with van der Waals surface area (Å²) in [6.45, 7) is 0.543. The molecule has 90 valence electrons. The van der Waals surface area contributed by atoms with Crippen LogP contribution in [0, 0.1) is 0 Å². The van der Waals surface area contributed by atoms with Crippen LogP contribution in [0.15, 0.2) is 24.5 Å². The molecule has 0 bridgehead atoms. The summed E-state index contributed by atoms with van der Waals surface area (Å²) in [6, 6.07) is 2.89. The number of nitrogens with zero attached hydrogens (tertiary/aromatic N) is 2. The van der Waals surface area contributed by atoms with Gasteiger partial charge >= 0.3 is 5.97 Å². The van der Waals surface area contributed by atoms with Gasteiger partial charge in [-0.3, -0.25) is 9.78 Å². The van der Waals surface area contributed by atoms with Crippen molar-refractivity contribution in [1.82, 2.24) is 9.88 Å². The average molecular weight is 234 g/mol. The second kappa shape index (κ2) is 4.95. The normalized spacial score (nSPS) is 19.3. The van der Waals surface area contributed by atoms with Crippen LogP contribution in [0.3, 0.4) is 0 Å². The van der Waals surface area contributed by atoms with Gasteiger partial charge in [-0.2, -0.15) is 0 Å². The molecule has 1 aromatic heterocycles. The van der Waals surface area contributed by atoms with Crippen LogP contribution in [-0.4, -0.2) is 39.5 Å². The topological polar surface area (TPSA) is 70.5 Å². The number of hydrogen-bond donors (Lipinski definition) is 1. The van der Waals surface area contributed by atoms with E-state index in [0.29, 0.717) is 13.0 Å². The van der Waals surface area contributed by atoms with Gasteiger partial charge in [0, 0.05) is 18.9 Å². The van der Waals surface area contributed by atoms with E-state index in [9.17, 15) is 9.59 Å². The van der Waals surface area contributed by atoms with Crippen molar-refractivity contribution in [2.45, 2.75) is 25.3 Å². The van der Waals surface area contributed by atoms with Gasteiger partial charge in [0.2, 0.25) is 5.91 Å². The number of pyridine rings is 1. The van der Waals surface area contributed by atoms with Gasteiger partial charge in [-0.05, 0) is 30.5 Å². The molecule has 0 aliphatic carbocycles. The van der Waals surface area contributed by atoms with E-state index in [2.05, 4.69) is 4.98 Å². The van der Waals surface area contributed by atoms with Crippen LogP contribution in [0.1, 0.15) is 18.4 Å². The summed E-state index contributed by atoms with van der Waals surface area (Å²) in [5, 5.41) is 8.99. The second-order valence-corrected chi connectivity index (χ2v) is 4.12. The first-order valence-corrected chi connectivity index (χ1v) is 5.59. The minimum Gasteiger partial charge on any atom is -0.480 e. The number of amides is 1. The van der Waals surface area contributed by atoms with Gasteiger partial charge in [-0.15, -0.1) is 0 Å². The molecule has 1 fully saturated rings. The number of rotatable bonds is 3. The van der Waals surface area contributed by atoms with E-state index in [1.165, 1.54) is 4.90 Å². The van der Waals surface area contributed by atoms with E-state index in [-0.39, 0.29) is 12.3 Å². The number of carboxylic acids is 1. The van der Waals surface area contributed by atoms with E-state index >= 15 is 0 Å². The lowest BCUT2D eigenvalue weighted by molar-refractivity contribution is -0.148. The van der Waals surface area contributed by atoms with Crippen LogP contribution >= 0.6 is 0 Å². The van der Waals surface area contributed by atoms with Gasteiger partial charge in [0.05, 0.1) is 6.42 Å². The fourth-order valence-electron chi connectivity index (χ4n) is 2.10. The summed E-state index contributed by atoms with van der Waals surface area (Å²) in [5.74, 6) is -1.04. The van der Waals surface area contributed by atoms with Gasteiger partial charge in [0.1, 0.15) is 6.04 Å². The molecule has 1 aromatic rings. The number of hydrogen-bond acceptors (Lipinski definition) is 3. The largest absolute Gasteiger partial charge is 0.480 e. The highest BCUT2D eigenvalue weighted by Gasteiger charge is 2.33. The number of carboxylic acid groups (broad SMARTS) is 1. The maximum absolute atomic E-state index is 12.0. The van der Waals surface area contributed by atoms with E-state index in [1.54, 1.807) is 24.5 Å². The number of likely N-dealkylation sites (tertiary alicyclic amines) is 1. The summed E-state index contributed by atoms with van der Waals surface area (Å²) < 4.78 is 0. The number of aromatic nitrogens is 1. The van der Waals surface area contributed by atoms with Gasteiger partial charge in [0.25, 0.3) is 0 Å². The SMILES string of the molecule is O=C(O)[C@@H]1CCCN1C(=O)Cc1ccncc1. The van der Waals surface area contributed by atoms with Crippen LogP contribution in [0.5, 0.6) is 0 Å². The molecule has 17 heavy (non-hydrogen) atoms. The first-order valence-electron chi connectivity index (χ1n) is 5.59. The van der Waals surface area contributed by atoms with Crippen molar-refractivity contribution >= 4 is 11.9 Å². The Bertz CT molecular complexity index is 419. The van der Waals surface area contributed by atoms with Crippen LogP contribution in [0.2, 0.25) is 0 Å². The highest BCUT2D eigenvalue weighted by Crippen LogP contribution is 2.18. The number of carbonyl (C=O) groups excluding carboxylic acids is 1. The highest BCUT2D eigenvalue weighted by atomic mass is 16.4. The second-order valence-electron chi connectivity index (χ2n) is 4.12. The molecule has 5 nitrogen and oxygen atoms in total. The summed E-state index contributed by atoms with van der Waals surface area (Å²) in [5.41, 5.74) is 0.862. The maximum atomic E-state index is 12.0. The Hall–Kier alpha value is -1.91. The highest BCUT2D eigenvalue weighted by molar-refractivity contribution is 5.85. The lowest BCUT2D eigenvalue weighted by Crippen LogP contribution is -2.41. The van der Waals surface area contributed by atoms with Crippen molar-refractivity contribution < 1.29 is 14.7 Å². The van der Waals surface area contributed by atoms with Crippen molar-refractivity contribution in [2.24, 2.45) is 0 Å². The molecule has 1 amide bonds. The Morgan fingerprint density at radius 3 is 2.76 bits per heavy atom. The third-order valence-electron chi connectivity index (χ3n) is 2.96. The first kappa shape index (κ1) is 11.6.